The zero-order valence-corrected chi connectivity index (χ0v) is 14.8. The van der Waals surface area contributed by atoms with Crippen LogP contribution >= 0.6 is 0 Å². The Morgan fingerprint density at radius 3 is 2.17 bits per heavy atom. The molecule has 3 amide bonds. The molecule has 7 heteroatoms. The van der Waals surface area contributed by atoms with Gasteiger partial charge in [-0.3, -0.25) is 10.1 Å². The van der Waals surface area contributed by atoms with E-state index < -0.39 is 17.5 Å². The first-order valence-electron chi connectivity index (χ1n) is 7.85. The highest BCUT2D eigenvalue weighted by molar-refractivity contribution is 5.96. The van der Waals surface area contributed by atoms with Gasteiger partial charge in [0.05, 0.1) is 11.2 Å². The fourth-order valence-corrected chi connectivity index (χ4v) is 2.27. The molecule has 2 rings (SSSR count). The van der Waals surface area contributed by atoms with Crippen molar-refractivity contribution in [3.05, 3.63) is 11.8 Å². The lowest BCUT2D eigenvalue weighted by molar-refractivity contribution is -0.120. The third kappa shape index (κ3) is 3.65. The van der Waals surface area contributed by atoms with Crippen molar-refractivity contribution >= 4 is 17.8 Å². The molecule has 23 heavy (non-hydrogen) atoms. The number of primary amides is 1. The third-order valence-electron chi connectivity index (χ3n) is 3.93. The van der Waals surface area contributed by atoms with Crippen LogP contribution in [0, 0.1) is 0 Å². The summed E-state index contributed by atoms with van der Waals surface area (Å²) in [5.74, 6) is 0.104. The molecule has 1 fully saturated rings. The molecule has 0 radical (unpaired) electrons. The monoisotopic (exact) mass is 321 g/mol. The highest BCUT2D eigenvalue weighted by Crippen LogP contribution is 2.35. The Kier molecular flexibility index (Phi) is 3.95. The molecule has 0 aliphatic heterocycles. The second kappa shape index (κ2) is 5.25. The van der Waals surface area contributed by atoms with Crippen LogP contribution in [-0.2, 0) is 15.7 Å². The van der Waals surface area contributed by atoms with Crippen LogP contribution in [0.2, 0.25) is 0 Å². The fourth-order valence-electron chi connectivity index (χ4n) is 2.27. The zero-order chi connectivity index (χ0) is 17.6. The average molecular weight is 321 g/mol. The van der Waals surface area contributed by atoms with Crippen molar-refractivity contribution in [2.75, 3.05) is 5.32 Å². The van der Waals surface area contributed by atoms with Gasteiger partial charge in [0.1, 0.15) is 11.4 Å². The molecule has 0 aromatic carbocycles. The molecular formula is C16H27N5O2. The number of amides is 3. The van der Waals surface area contributed by atoms with Gasteiger partial charge in [0.2, 0.25) is 5.91 Å². The van der Waals surface area contributed by atoms with E-state index in [0.29, 0.717) is 18.7 Å². The Morgan fingerprint density at radius 1 is 1.22 bits per heavy atom. The molecule has 1 aliphatic carbocycles. The Bertz CT molecular complexity index is 630. The molecule has 7 nitrogen and oxygen atoms in total. The number of anilines is 1. The van der Waals surface area contributed by atoms with Crippen LogP contribution in [0.5, 0.6) is 0 Å². The summed E-state index contributed by atoms with van der Waals surface area (Å²) in [5, 5.41) is 10.1. The van der Waals surface area contributed by atoms with E-state index in [-0.39, 0.29) is 11.0 Å². The van der Waals surface area contributed by atoms with Crippen LogP contribution in [0.3, 0.4) is 0 Å². The predicted octanol–water partition coefficient (Wildman–Crippen LogP) is 2.07. The van der Waals surface area contributed by atoms with E-state index in [1.54, 1.807) is 4.68 Å². The minimum absolute atomic E-state index is 0.131. The van der Waals surface area contributed by atoms with Gasteiger partial charge in [-0.1, -0.05) is 20.8 Å². The van der Waals surface area contributed by atoms with Gasteiger partial charge < -0.3 is 11.1 Å². The zero-order valence-electron chi connectivity index (χ0n) is 14.8. The number of carbonyl (C=O) groups excluding carboxylic acids is 2. The topological polar surface area (TPSA) is 102 Å². The van der Waals surface area contributed by atoms with Crippen molar-refractivity contribution in [3.63, 3.8) is 0 Å². The van der Waals surface area contributed by atoms with Gasteiger partial charge in [-0.05, 0) is 33.6 Å². The lowest BCUT2D eigenvalue weighted by Gasteiger charge is -2.23. The molecule has 1 saturated carbocycles. The summed E-state index contributed by atoms with van der Waals surface area (Å²) in [6.45, 7) is 12.2. The SMILES string of the molecule is CC(C)(C)c1cc(NC(=O)NC2(C(N)=O)CC2)n(C(C)(C)C)n1. The van der Waals surface area contributed by atoms with Crippen LogP contribution in [0.1, 0.15) is 60.1 Å². The first-order valence-corrected chi connectivity index (χ1v) is 7.85. The van der Waals surface area contributed by atoms with Crippen molar-refractivity contribution < 1.29 is 9.59 Å². The largest absolute Gasteiger partial charge is 0.368 e. The summed E-state index contributed by atoms with van der Waals surface area (Å²) in [6.07, 6.45) is 1.17. The lowest BCUT2D eigenvalue weighted by atomic mass is 9.92. The number of hydrogen-bond donors (Lipinski definition) is 3. The summed E-state index contributed by atoms with van der Waals surface area (Å²) in [5.41, 5.74) is 4.92. The van der Waals surface area contributed by atoms with Gasteiger partial charge in [0.15, 0.2) is 0 Å². The summed E-state index contributed by atoms with van der Waals surface area (Å²) in [6, 6.07) is 1.43. The van der Waals surface area contributed by atoms with Crippen molar-refractivity contribution in [1.29, 1.82) is 0 Å². The Balaban J connectivity index is 2.23. The second-order valence-corrected chi connectivity index (χ2v) is 8.27. The number of urea groups is 1. The number of aromatic nitrogens is 2. The van der Waals surface area contributed by atoms with Gasteiger partial charge >= 0.3 is 6.03 Å². The number of hydrogen-bond acceptors (Lipinski definition) is 3. The molecular weight excluding hydrogens is 294 g/mol. The van der Waals surface area contributed by atoms with Gasteiger partial charge in [-0.2, -0.15) is 5.10 Å². The number of nitrogens with zero attached hydrogens (tertiary/aromatic N) is 2. The first kappa shape index (κ1) is 17.3. The molecule has 0 spiro atoms. The first-order chi connectivity index (χ1) is 10.3. The number of carbonyl (C=O) groups is 2. The van der Waals surface area contributed by atoms with E-state index in [1.165, 1.54) is 0 Å². The number of nitrogens with two attached hydrogens (primary N) is 1. The molecule has 4 N–H and O–H groups in total. The molecule has 1 aliphatic rings. The standard InChI is InChI=1S/C16H27N5O2/c1-14(2,3)10-9-11(21(20-10)15(4,5)6)18-13(23)19-16(7-8-16)12(17)22/h9H,7-8H2,1-6H3,(H2,17,22)(H2,18,19,23). The summed E-state index contributed by atoms with van der Waals surface area (Å²) in [7, 11) is 0. The Hall–Kier alpha value is -2.05. The molecule has 1 aromatic heterocycles. The normalized spacial score (nSPS) is 16.8. The fraction of sp³-hybridized carbons (Fsp3) is 0.688. The molecule has 128 valence electrons. The summed E-state index contributed by atoms with van der Waals surface area (Å²) in [4.78, 5) is 23.6. The van der Waals surface area contributed by atoms with E-state index in [1.807, 2.05) is 26.8 Å². The van der Waals surface area contributed by atoms with E-state index in [0.717, 1.165) is 5.69 Å². The van der Waals surface area contributed by atoms with Crippen LogP contribution in [0.15, 0.2) is 6.07 Å². The summed E-state index contributed by atoms with van der Waals surface area (Å²) < 4.78 is 1.79. The maximum atomic E-state index is 12.2. The van der Waals surface area contributed by atoms with Crippen LogP contribution < -0.4 is 16.4 Å². The molecule has 0 saturated heterocycles. The van der Waals surface area contributed by atoms with Crippen molar-refractivity contribution in [3.8, 4) is 0 Å². The average Bonchev–Trinajstić information content (AvgIpc) is 2.97. The third-order valence-corrected chi connectivity index (χ3v) is 3.93. The Morgan fingerprint density at radius 2 is 1.78 bits per heavy atom. The van der Waals surface area contributed by atoms with E-state index in [9.17, 15) is 9.59 Å². The number of nitrogens with one attached hydrogen (secondary N) is 2. The van der Waals surface area contributed by atoms with E-state index in [2.05, 4.69) is 36.5 Å². The van der Waals surface area contributed by atoms with Crippen molar-refractivity contribution in [1.82, 2.24) is 15.1 Å². The van der Waals surface area contributed by atoms with Crippen molar-refractivity contribution in [2.24, 2.45) is 5.73 Å². The molecule has 0 atom stereocenters. The maximum absolute atomic E-state index is 12.2. The highest BCUT2D eigenvalue weighted by Gasteiger charge is 2.50. The van der Waals surface area contributed by atoms with Crippen molar-refractivity contribution in [2.45, 2.75) is 70.9 Å². The number of rotatable bonds is 3. The van der Waals surface area contributed by atoms with Crippen LogP contribution in [-0.4, -0.2) is 27.3 Å². The second-order valence-electron chi connectivity index (χ2n) is 8.27. The molecule has 1 aromatic rings. The molecule has 0 unspecified atom stereocenters. The highest BCUT2D eigenvalue weighted by atomic mass is 16.2. The predicted molar refractivity (Wildman–Crippen MR) is 89.2 cm³/mol. The quantitative estimate of drug-likeness (QED) is 0.794. The smallest absolute Gasteiger partial charge is 0.321 e. The van der Waals surface area contributed by atoms with Gasteiger partial charge in [-0.25, -0.2) is 9.48 Å². The van der Waals surface area contributed by atoms with Gasteiger partial charge in [-0.15, -0.1) is 0 Å². The molecule has 0 bridgehead atoms. The maximum Gasteiger partial charge on any atom is 0.321 e. The summed E-state index contributed by atoms with van der Waals surface area (Å²) >= 11 is 0. The van der Waals surface area contributed by atoms with Crippen LogP contribution in [0.4, 0.5) is 10.6 Å². The minimum atomic E-state index is -0.885. The minimum Gasteiger partial charge on any atom is -0.368 e. The molecule has 1 heterocycles. The Labute approximate surface area is 137 Å². The van der Waals surface area contributed by atoms with E-state index in [4.69, 9.17) is 5.73 Å². The van der Waals surface area contributed by atoms with Gasteiger partial charge in [0.25, 0.3) is 0 Å². The lowest BCUT2D eigenvalue weighted by Crippen LogP contribution is -2.48. The van der Waals surface area contributed by atoms with Crippen LogP contribution in [0.25, 0.3) is 0 Å². The van der Waals surface area contributed by atoms with Gasteiger partial charge in [0, 0.05) is 11.5 Å². The van der Waals surface area contributed by atoms with E-state index >= 15 is 0 Å².